The highest BCUT2D eigenvalue weighted by Crippen LogP contribution is 2.35. The molecule has 0 unspecified atom stereocenters. The van der Waals surface area contributed by atoms with Gasteiger partial charge in [-0.05, 0) is 6.92 Å². The van der Waals surface area contributed by atoms with Crippen LogP contribution in [0.3, 0.4) is 0 Å². The third-order valence-corrected chi connectivity index (χ3v) is 2.27. The molecule has 0 heterocycles. The number of esters is 1. The highest BCUT2D eigenvalue weighted by Gasteiger charge is 2.31. The Bertz CT molecular complexity index is 371. The molecular weight excluding hydrogens is 235 g/mol. The number of halogens is 2. The number of hydrogen-bond donors (Lipinski definition) is 0. The second-order valence-corrected chi connectivity index (χ2v) is 4.31. The van der Waals surface area contributed by atoms with Crippen molar-refractivity contribution in [1.82, 2.24) is 0 Å². The van der Waals surface area contributed by atoms with Gasteiger partial charge in [0.2, 0.25) is 0 Å². The van der Waals surface area contributed by atoms with Crippen LogP contribution in [0.5, 0.6) is 0 Å². The molecule has 0 bridgehead atoms. The topological polar surface area (TPSA) is 26.3 Å². The van der Waals surface area contributed by atoms with Gasteiger partial charge >= 0.3 is 5.97 Å². The zero-order chi connectivity index (χ0) is 11.5. The molecule has 80 valence electrons. The fraction of sp³-hybridized carbons (Fsp3) is 0.182. The van der Waals surface area contributed by atoms with Gasteiger partial charge < -0.3 is 4.74 Å². The lowest BCUT2D eigenvalue weighted by Crippen LogP contribution is -2.20. The lowest BCUT2D eigenvalue weighted by Gasteiger charge is -2.20. The molecule has 2 nitrogen and oxygen atoms in total. The summed E-state index contributed by atoms with van der Waals surface area (Å²) in [5.74, 6) is -0.621. The molecule has 1 aromatic carbocycles. The van der Waals surface area contributed by atoms with E-state index in [9.17, 15) is 4.79 Å². The van der Waals surface area contributed by atoms with Crippen LogP contribution < -0.4 is 0 Å². The van der Waals surface area contributed by atoms with Gasteiger partial charge in [0.15, 0.2) is 0 Å². The zero-order valence-electron chi connectivity index (χ0n) is 8.17. The highest BCUT2D eigenvalue weighted by molar-refractivity contribution is 6.47. The first-order valence-corrected chi connectivity index (χ1v) is 5.01. The Morgan fingerprint density at radius 1 is 1.33 bits per heavy atom. The van der Waals surface area contributed by atoms with Gasteiger partial charge in [-0.1, -0.05) is 60.1 Å². The summed E-state index contributed by atoms with van der Waals surface area (Å²) in [6.45, 7) is 4.97. The summed E-state index contributed by atoms with van der Waals surface area (Å²) < 4.78 is 3.21. The van der Waals surface area contributed by atoms with Crippen molar-refractivity contribution in [1.29, 1.82) is 0 Å². The van der Waals surface area contributed by atoms with E-state index in [1.165, 1.54) is 6.92 Å². The Kier molecular flexibility index (Phi) is 3.77. The number of carbonyl (C=O) groups excluding carboxylic acids is 1. The Hall–Kier alpha value is -0.990. The van der Waals surface area contributed by atoms with E-state index in [1.807, 2.05) is 6.07 Å². The summed E-state index contributed by atoms with van der Waals surface area (Å²) in [7, 11) is 0. The van der Waals surface area contributed by atoms with Crippen LogP contribution in [-0.2, 0) is 14.1 Å². The zero-order valence-corrected chi connectivity index (χ0v) is 9.68. The second kappa shape index (κ2) is 4.69. The quantitative estimate of drug-likeness (QED) is 0.463. The summed E-state index contributed by atoms with van der Waals surface area (Å²) in [6.07, 6.45) is 0. The predicted octanol–water partition coefficient (Wildman–Crippen LogP) is 3.39. The molecule has 4 heteroatoms. The van der Waals surface area contributed by atoms with Crippen molar-refractivity contribution in [3.05, 3.63) is 48.0 Å². The number of rotatable bonds is 3. The van der Waals surface area contributed by atoms with Crippen LogP contribution in [0.25, 0.3) is 0 Å². The van der Waals surface area contributed by atoms with E-state index >= 15 is 0 Å². The van der Waals surface area contributed by atoms with E-state index < -0.39 is 10.5 Å². The first-order chi connectivity index (χ1) is 6.93. The first kappa shape index (κ1) is 12.1. The summed E-state index contributed by atoms with van der Waals surface area (Å²) in [5.41, 5.74) is 0.750. The first-order valence-electron chi connectivity index (χ1n) is 4.25. The Morgan fingerprint density at radius 2 is 1.87 bits per heavy atom. The van der Waals surface area contributed by atoms with Crippen molar-refractivity contribution < 1.29 is 9.53 Å². The normalized spacial score (nSPS) is 10.9. The molecule has 0 saturated heterocycles. The van der Waals surface area contributed by atoms with Crippen LogP contribution in [0.15, 0.2) is 42.5 Å². The van der Waals surface area contributed by atoms with Gasteiger partial charge in [0.1, 0.15) is 0 Å². The minimum atomic E-state index is -1.67. The average Bonchev–Trinajstić information content (AvgIpc) is 2.18. The second-order valence-electron chi connectivity index (χ2n) is 3.05. The number of alkyl halides is 2. The number of ether oxygens (including phenoxy) is 1. The van der Waals surface area contributed by atoms with Crippen LogP contribution in [0.2, 0.25) is 0 Å². The van der Waals surface area contributed by atoms with Crippen molar-refractivity contribution in [3.63, 3.8) is 0 Å². The van der Waals surface area contributed by atoms with Crippen molar-refractivity contribution in [3.8, 4) is 0 Å². The molecule has 0 fully saturated rings. The van der Waals surface area contributed by atoms with Crippen molar-refractivity contribution in [2.75, 3.05) is 0 Å². The maximum Gasteiger partial charge on any atom is 0.336 e. The fourth-order valence-corrected chi connectivity index (χ4v) is 1.29. The largest absolute Gasteiger partial charge is 0.421 e. The molecule has 1 rings (SSSR count). The van der Waals surface area contributed by atoms with E-state index in [1.54, 1.807) is 24.3 Å². The number of hydrogen-bond acceptors (Lipinski definition) is 2. The van der Waals surface area contributed by atoms with Crippen LogP contribution in [0, 0.1) is 0 Å². The van der Waals surface area contributed by atoms with E-state index in [-0.39, 0.29) is 5.57 Å². The van der Waals surface area contributed by atoms with Gasteiger partial charge in [0, 0.05) is 11.1 Å². The molecule has 0 aromatic heterocycles. The van der Waals surface area contributed by atoms with Crippen LogP contribution in [0.1, 0.15) is 12.5 Å². The predicted molar refractivity (Wildman–Crippen MR) is 60.7 cm³/mol. The fourth-order valence-electron chi connectivity index (χ4n) is 0.895. The number of benzene rings is 1. The minimum Gasteiger partial charge on any atom is -0.421 e. The number of carbonyl (C=O) groups is 1. The summed E-state index contributed by atoms with van der Waals surface area (Å²) in [4.78, 5) is 11.2. The third-order valence-electron chi connectivity index (χ3n) is 1.68. The van der Waals surface area contributed by atoms with E-state index in [0.29, 0.717) is 5.56 Å². The summed E-state index contributed by atoms with van der Waals surface area (Å²) in [6, 6.07) is 8.66. The Balaban J connectivity index is 2.85. The minimum absolute atomic E-state index is 0.247. The van der Waals surface area contributed by atoms with E-state index in [0.717, 1.165) is 0 Å². The molecule has 0 spiro atoms. The molecule has 0 radical (unpaired) electrons. The molecule has 0 aliphatic rings. The molecule has 0 amide bonds. The lowest BCUT2D eigenvalue weighted by atomic mass is 10.2. The monoisotopic (exact) mass is 244 g/mol. The maximum atomic E-state index is 11.2. The Labute approximate surface area is 98.4 Å². The van der Waals surface area contributed by atoms with Crippen molar-refractivity contribution in [2.24, 2.45) is 0 Å². The molecule has 0 atom stereocenters. The Morgan fingerprint density at radius 3 is 2.33 bits per heavy atom. The highest BCUT2D eigenvalue weighted by atomic mass is 35.5. The maximum absolute atomic E-state index is 11.2. The van der Waals surface area contributed by atoms with Gasteiger partial charge in [-0.15, -0.1) is 0 Å². The lowest BCUT2D eigenvalue weighted by molar-refractivity contribution is -0.143. The molecule has 0 aliphatic carbocycles. The average molecular weight is 245 g/mol. The van der Waals surface area contributed by atoms with Crippen molar-refractivity contribution >= 4 is 29.2 Å². The smallest absolute Gasteiger partial charge is 0.336 e. The van der Waals surface area contributed by atoms with Crippen molar-refractivity contribution in [2.45, 2.75) is 11.4 Å². The molecular formula is C11H10Cl2O2. The molecule has 0 saturated carbocycles. The third kappa shape index (κ3) is 3.26. The van der Waals surface area contributed by atoms with Gasteiger partial charge in [-0.25, -0.2) is 4.79 Å². The van der Waals surface area contributed by atoms with Gasteiger partial charge in [0.05, 0.1) is 0 Å². The summed E-state index contributed by atoms with van der Waals surface area (Å²) >= 11 is 11.8. The molecule has 15 heavy (non-hydrogen) atoms. The van der Waals surface area contributed by atoms with Crippen LogP contribution in [0.4, 0.5) is 0 Å². The van der Waals surface area contributed by atoms with Crippen LogP contribution >= 0.6 is 23.2 Å². The summed E-state index contributed by atoms with van der Waals surface area (Å²) in [5, 5.41) is 0. The molecule has 1 aromatic rings. The molecule has 0 N–H and O–H groups in total. The van der Waals surface area contributed by atoms with Gasteiger partial charge in [-0.3, -0.25) is 0 Å². The van der Waals surface area contributed by atoms with Gasteiger partial charge in [-0.2, -0.15) is 0 Å². The SMILES string of the molecule is C=C(C)C(=O)OC(Cl)(Cl)c1ccccc1. The van der Waals surface area contributed by atoms with E-state index in [4.69, 9.17) is 27.9 Å². The van der Waals surface area contributed by atoms with Gasteiger partial charge in [0.25, 0.3) is 4.52 Å². The standard InChI is InChI=1S/C11H10Cl2O2/c1-8(2)10(14)15-11(12,13)9-6-4-3-5-7-9/h3-7H,1H2,2H3. The van der Waals surface area contributed by atoms with E-state index in [2.05, 4.69) is 6.58 Å². The van der Waals surface area contributed by atoms with Crippen LogP contribution in [-0.4, -0.2) is 5.97 Å². The molecule has 0 aliphatic heterocycles.